The average molecular weight is 435 g/mol. The van der Waals surface area contributed by atoms with Crippen LogP contribution < -0.4 is 10.5 Å². The molecular formula is C23H26N6O3. The zero-order valence-electron chi connectivity index (χ0n) is 18.2. The standard InChI is InChI=1S/C23H26N6O3/c1-15-19(21(24)30)12-25-22(27-15)17-5-3-9-28(13-17)23(31)16-6-7-20(32-2)18(11-16)14-29-10-4-8-26-29/h4,6-8,10-12,17H,3,5,9,13-14H2,1-2H3,(H2,24,30)/t17-/m0/s1. The Morgan fingerprint density at radius 2 is 2.16 bits per heavy atom. The number of nitrogens with zero attached hydrogens (tertiary/aromatic N) is 5. The summed E-state index contributed by atoms with van der Waals surface area (Å²) in [5.74, 6) is 0.783. The van der Waals surface area contributed by atoms with Crippen LogP contribution in [-0.2, 0) is 6.54 Å². The molecule has 3 heterocycles. The van der Waals surface area contributed by atoms with Gasteiger partial charge in [-0.2, -0.15) is 5.10 Å². The number of hydrogen-bond acceptors (Lipinski definition) is 6. The third-order valence-electron chi connectivity index (χ3n) is 5.76. The molecule has 0 saturated carbocycles. The van der Waals surface area contributed by atoms with Gasteiger partial charge >= 0.3 is 0 Å². The van der Waals surface area contributed by atoms with Crippen LogP contribution >= 0.6 is 0 Å². The van der Waals surface area contributed by atoms with Crippen LogP contribution in [0.15, 0.2) is 42.9 Å². The molecule has 1 aromatic carbocycles. The number of nitrogens with two attached hydrogens (primary N) is 1. The van der Waals surface area contributed by atoms with Gasteiger partial charge in [0.1, 0.15) is 11.6 Å². The quantitative estimate of drug-likeness (QED) is 0.635. The van der Waals surface area contributed by atoms with Gasteiger partial charge in [-0.3, -0.25) is 14.3 Å². The Kier molecular flexibility index (Phi) is 6.16. The minimum atomic E-state index is -0.542. The summed E-state index contributed by atoms with van der Waals surface area (Å²) in [6.07, 6.45) is 6.80. The number of methoxy groups -OCH3 is 1. The monoisotopic (exact) mass is 434 g/mol. The number of amides is 2. The van der Waals surface area contributed by atoms with Crippen LogP contribution in [0, 0.1) is 6.92 Å². The van der Waals surface area contributed by atoms with Crippen molar-refractivity contribution in [1.29, 1.82) is 0 Å². The number of rotatable bonds is 6. The highest BCUT2D eigenvalue weighted by molar-refractivity contribution is 5.95. The van der Waals surface area contributed by atoms with E-state index in [1.165, 1.54) is 6.20 Å². The summed E-state index contributed by atoms with van der Waals surface area (Å²) in [4.78, 5) is 35.4. The molecule has 2 aromatic heterocycles. The zero-order chi connectivity index (χ0) is 22.7. The van der Waals surface area contributed by atoms with E-state index in [-0.39, 0.29) is 11.8 Å². The Morgan fingerprint density at radius 3 is 2.84 bits per heavy atom. The van der Waals surface area contributed by atoms with Crippen molar-refractivity contribution in [3.8, 4) is 5.75 Å². The Morgan fingerprint density at radius 1 is 1.31 bits per heavy atom. The van der Waals surface area contributed by atoms with Crippen LogP contribution in [0.25, 0.3) is 0 Å². The van der Waals surface area contributed by atoms with E-state index < -0.39 is 5.91 Å². The minimum Gasteiger partial charge on any atom is -0.496 e. The lowest BCUT2D eigenvalue weighted by molar-refractivity contribution is 0.0704. The molecule has 0 bridgehead atoms. The van der Waals surface area contributed by atoms with E-state index in [1.807, 2.05) is 29.3 Å². The van der Waals surface area contributed by atoms with E-state index in [1.54, 1.807) is 31.0 Å². The molecule has 0 radical (unpaired) electrons. The molecule has 1 saturated heterocycles. The van der Waals surface area contributed by atoms with Gasteiger partial charge in [-0.05, 0) is 44.0 Å². The van der Waals surface area contributed by atoms with Crippen molar-refractivity contribution in [1.82, 2.24) is 24.6 Å². The van der Waals surface area contributed by atoms with E-state index in [4.69, 9.17) is 10.5 Å². The summed E-state index contributed by atoms with van der Waals surface area (Å²) >= 11 is 0. The number of hydrogen-bond donors (Lipinski definition) is 1. The summed E-state index contributed by atoms with van der Waals surface area (Å²) in [6, 6.07) is 7.34. The molecule has 2 amide bonds. The summed E-state index contributed by atoms with van der Waals surface area (Å²) in [6.45, 7) is 3.46. The SMILES string of the molecule is COc1ccc(C(=O)N2CCC[C@H](c3ncc(C(N)=O)c(C)n3)C2)cc1Cn1cccn1. The second-order valence-electron chi connectivity index (χ2n) is 7.91. The first-order valence-electron chi connectivity index (χ1n) is 10.5. The highest BCUT2D eigenvalue weighted by Gasteiger charge is 2.28. The van der Waals surface area contributed by atoms with Gasteiger partial charge < -0.3 is 15.4 Å². The summed E-state index contributed by atoms with van der Waals surface area (Å²) < 4.78 is 7.26. The molecule has 0 aliphatic carbocycles. The van der Waals surface area contributed by atoms with Gasteiger partial charge in [-0.25, -0.2) is 9.97 Å². The number of primary amides is 1. The van der Waals surface area contributed by atoms with Crippen LogP contribution in [0.4, 0.5) is 0 Å². The molecule has 0 spiro atoms. The van der Waals surface area contributed by atoms with Crippen LogP contribution in [0.1, 0.15) is 56.6 Å². The molecule has 1 aliphatic rings. The molecule has 1 atom stereocenters. The number of likely N-dealkylation sites (tertiary alicyclic amines) is 1. The lowest BCUT2D eigenvalue weighted by Crippen LogP contribution is -2.39. The van der Waals surface area contributed by atoms with E-state index in [0.29, 0.717) is 48.0 Å². The molecule has 1 aliphatic heterocycles. The first-order valence-corrected chi connectivity index (χ1v) is 10.5. The van der Waals surface area contributed by atoms with Crippen molar-refractivity contribution < 1.29 is 14.3 Å². The topological polar surface area (TPSA) is 116 Å². The highest BCUT2D eigenvalue weighted by Crippen LogP contribution is 2.27. The highest BCUT2D eigenvalue weighted by atomic mass is 16.5. The molecule has 9 heteroatoms. The molecule has 0 unspecified atom stereocenters. The molecule has 4 rings (SSSR count). The van der Waals surface area contributed by atoms with Gasteiger partial charge in [-0.15, -0.1) is 0 Å². The number of aryl methyl sites for hydroxylation is 1. The molecule has 32 heavy (non-hydrogen) atoms. The molecule has 3 aromatic rings. The Hall–Kier alpha value is -3.75. The van der Waals surface area contributed by atoms with Crippen LogP contribution in [0.3, 0.4) is 0 Å². The maximum absolute atomic E-state index is 13.3. The van der Waals surface area contributed by atoms with Gasteiger partial charge in [0.15, 0.2) is 0 Å². The average Bonchev–Trinajstić information content (AvgIpc) is 3.31. The van der Waals surface area contributed by atoms with Crippen molar-refractivity contribution in [3.05, 3.63) is 71.1 Å². The largest absolute Gasteiger partial charge is 0.496 e. The van der Waals surface area contributed by atoms with Crippen LogP contribution in [0.2, 0.25) is 0 Å². The minimum absolute atomic E-state index is 0.00937. The van der Waals surface area contributed by atoms with Gasteiger partial charge in [0, 0.05) is 48.7 Å². The zero-order valence-corrected chi connectivity index (χ0v) is 18.2. The Labute approximate surface area is 186 Å². The van der Waals surface area contributed by atoms with E-state index in [9.17, 15) is 9.59 Å². The molecule has 166 valence electrons. The predicted octanol–water partition coefficient (Wildman–Crippen LogP) is 2.16. The summed E-state index contributed by atoms with van der Waals surface area (Å²) in [7, 11) is 1.62. The Bertz CT molecular complexity index is 1130. The van der Waals surface area contributed by atoms with Gasteiger partial charge in [-0.1, -0.05) is 0 Å². The number of piperidine rings is 1. The second-order valence-corrected chi connectivity index (χ2v) is 7.91. The van der Waals surface area contributed by atoms with Gasteiger partial charge in [0.25, 0.3) is 11.8 Å². The van der Waals surface area contributed by atoms with E-state index >= 15 is 0 Å². The first-order chi connectivity index (χ1) is 15.5. The number of ether oxygens (including phenoxy) is 1. The molecular weight excluding hydrogens is 408 g/mol. The van der Waals surface area contributed by atoms with Crippen molar-refractivity contribution in [2.75, 3.05) is 20.2 Å². The fourth-order valence-corrected chi connectivity index (χ4v) is 4.08. The molecule has 1 fully saturated rings. The molecule has 2 N–H and O–H groups in total. The summed E-state index contributed by atoms with van der Waals surface area (Å²) in [5, 5.41) is 4.24. The number of aromatic nitrogens is 4. The molecule has 9 nitrogen and oxygen atoms in total. The predicted molar refractivity (Wildman–Crippen MR) is 117 cm³/mol. The maximum Gasteiger partial charge on any atom is 0.253 e. The second kappa shape index (κ2) is 9.17. The Balaban J connectivity index is 1.53. The van der Waals surface area contributed by atoms with Crippen molar-refractivity contribution in [2.45, 2.75) is 32.2 Å². The number of carbonyl (C=O) groups excluding carboxylic acids is 2. The lowest BCUT2D eigenvalue weighted by atomic mass is 9.96. The first kappa shape index (κ1) is 21.5. The lowest BCUT2D eigenvalue weighted by Gasteiger charge is -2.32. The fraction of sp³-hybridized carbons (Fsp3) is 0.348. The van der Waals surface area contributed by atoms with Crippen molar-refractivity contribution in [2.24, 2.45) is 5.73 Å². The van der Waals surface area contributed by atoms with Crippen LogP contribution in [-0.4, -0.2) is 56.7 Å². The van der Waals surface area contributed by atoms with Gasteiger partial charge in [0.05, 0.1) is 24.9 Å². The van der Waals surface area contributed by atoms with Crippen molar-refractivity contribution in [3.63, 3.8) is 0 Å². The fourth-order valence-electron chi connectivity index (χ4n) is 4.08. The normalized spacial score (nSPS) is 16.1. The van der Waals surface area contributed by atoms with Crippen LogP contribution in [0.5, 0.6) is 5.75 Å². The van der Waals surface area contributed by atoms with Gasteiger partial charge in [0.2, 0.25) is 0 Å². The smallest absolute Gasteiger partial charge is 0.253 e. The van der Waals surface area contributed by atoms with Crippen molar-refractivity contribution >= 4 is 11.8 Å². The van der Waals surface area contributed by atoms with E-state index in [0.717, 1.165) is 18.4 Å². The number of carbonyl (C=O) groups is 2. The maximum atomic E-state index is 13.3. The third kappa shape index (κ3) is 4.46. The number of benzene rings is 1. The third-order valence-corrected chi connectivity index (χ3v) is 5.76. The summed E-state index contributed by atoms with van der Waals surface area (Å²) in [5.41, 5.74) is 7.73. The van der Waals surface area contributed by atoms with E-state index in [2.05, 4.69) is 15.1 Å².